The van der Waals surface area contributed by atoms with Crippen molar-refractivity contribution in [2.24, 2.45) is 5.92 Å². The molecule has 0 N–H and O–H groups in total. The van der Waals surface area contributed by atoms with Gasteiger partial charge in [-0.2, -0.15) is 0 Å². The van der Waals surface area contributed by atoms with E-state index in [0.717, 1.165) is 12.3 Å². The van der Waals surface area contributed by atoms with Gasteiger partial charge in [0, 0.05) is 6.42 Å². The predicted octanol–water partition coefficient (Wildman–Crippen LogP) is 3.30. The predicted molar refractivity (Wildman–Crippen MR) is 57.1 cm³/mol. The first-order valence-electron chi connectivity index (χ1n) is 5.98. The highest BCUT2D eigenvalue weighted by Crippen LogP contribution is 2.29. The summed E-state index contributed by atoms with van der Waals surface area (Å²) in [5.74, 6) is 0.927. The molecular formula is C12H22O2. The number of hydrogen-bond acceptors (Lipinski definition) is 2. The molecule has 0 aliphatic heterocycles. The first-order valence-corrected chi connectivity index (χ1v) is 5.98. The molecule has 1 fully saturated rings. The van der Waals surface area contributed by atoms with Gasteiger partial charge in [-0.25, -0.2) is 0 Å². The van der Waals surface area contributed by atoms with E-state index >= 15 is 0 Å². The molecule has 0 aromatic heterocycles. The molecule has 0 unspecified atom stereocenters. The van der Waals surface area contributed by atoms with Crippen LogP contribution in [0.2, 0.25) is 0 Å². The van der Waals surface area contributed by atoms with Crippen LogP contribution in [0, 0.1) is 5.92 Å². The van der Waals surface area contributed by atoms with Crippen molar-refractivity contribution in [3.8, 4) is 0 Å². The minimum absolute atomic E-state index is 0.0288. The van der Waals surface area contributed by atoms with Crippen molar-refractivity contribution in [1.82, 2.24) is 0 Å². The summed E-state index contributed by atoms with van der Waals surface area (Å²) in [4.78, 5) is 11.0. The fraction of sp³-hybridized carbons (Fsp3) is 0.917. The minimum Gasteiger partial charge on any atom is -0.466 e. The van der Waals surface area contributed by atoms with E-state index in [0.29, 0.717) is 13.0 Å². The Hall–Kier alpha value is -0.530. The van der Waals surface area contributed by atoms with Crippen LogP contribution in [0.5, 0.6) is 0 Å². The van der Waals surface area contributed by atoms with E-state index in [-0.39, 0.29) is 5.97 Å². The molecule has 0 aromatic carbocycles. The summed E-state index contributed by atoms with van der Waals surface area (Å²) in [6.07, 6.45) is 9.81. The quantitative estimate of drug-likeness (QED) is 0.483. The average molecular weight is 198 g/mol. The second-order valence-corrected chi connectivity index (χ2v) is 4.20. The maximum atomic E-state index is 11.0. The highest BCUT2D eigenvalue weighted by atomic mass is 16.5. The lowest BCUT2D eigenvalue weighted by Crippen LogP contribution is -2.03. The van der Waals surface area contributed by atoms with Crippen molar-refractivity contribution < 1.29 is 9.53 Å². The summed E-state index contributed by atoms with van der Waals surface area (Å²) in [6.45, 7) is 2.37. The Kier molecular flexibility index (Phi) is 5.65. The largest absolute Gasteiger partial charge is 0.466 e. The molecule has 2 heteroatoms. The zero-order chi connectivity index (χ0) is 10.2. The van der Waals surface area contributed by atoms with Gasteiger partial charge in [-0.15, -0.1) is 0 Å². The molecule has 2 nitrogen and oxygen atoms in total. The summed E-state index contributed by atoms with van der Waals surface area (Å²) in [7, 11) is 0. The first-order chi connectivity index (χ1) is 6.83. The van der Waals surface area contributed by atoms with Crippen LogP contribution >= 0.6 is 0 Å². The Bertz CT molecular complexity index is 160. The zero-order valence-electron chi connectivity index (χ0n) is 9.26. The lowest BCUT2D eigenvalue weighted by atomic mass is 10.00. The third kappa shape index (κ3) is 4.64. The number of ether oxygens (including phenoxy) is 1. The van der Waals surface area contributed by atoms with E-state index < -0.39 is 0 Å². The van der Waals surface area contributed by atoms with Gasteiger partial charge in [0.15, 0.2) is 0 Å². The van der Waals surface area contributed by atoms with Gasteiger partial charge in [0.2, 0.25) is 0 Å². The van der Waals surface area contributed by atoms with Gasteiger partial charge in [0.25, 0.3) is 0 Å². The molecule has 0 atom stereocenters. The fourth-order valence-corrected chi connectivity index (χ4v) is 2.23. The molecule has 0 saturated heterocycles. The molecule has 0 radical (unpaired) electrons. The van der Waals surface area contributed by atoms with Gasteiger partial charge < -0.3 is 4.74 Å². The molecule has 1 aliphatic carbocycles. The second-order valence-electron chi connectivity index (χ2n) is 4.20. The number of esters is 1. The van der Waals surface area contributed by atoms with E-state index in [2.05, 4.69) is 0 Å². The van der Waals surface area contributed by atoms with Crippen LogP contribution in [-0.2, 0) is 9.53 Å². The van der Waals surface area contributed by atoms with Crippen molar-refractivity contribution in [2.75, 3.05) is 6.61 Å². The van der Waals surface area contributed by atoms with Gasteiger partial charge in [-0.1, -0.05) is 38.5 Å². The smallest absolute Gasteiger partial charge is 0.305 e. The lowest BCUT2D eigenvalue weighted by molar-refractivity contribution is -0.143. The molecule has 1 aliphatic rings. The van der Waals surface area contributed by atoms with Crippen LogP contribution in [0.15, 0.2) is 0 Å². The molecule has 1 saturated carbocycles. The Morgan fingerprint density at radius 2 is 2.00 bits per heavy atom. The van der Waals surface area contributed by atoms with Gasteiger partial charge in [-0.05, 0) is 19.3 Å². The van der Waals surface area contributed by atoms with Crippen LogP contribution in [-0.4, -0.2) is 12.6 Å². The highest BCUT2D eigenvalue weighted by Gasteiger charge is 2.14. The highest BCUT2D eigenvalue weighted by molar-refractivity contribution is 5.69. The van der Waals surface area contributed by atoms with Crippen molar-refractivity contribution in [2.45, 2.75) is 58.3 Å². The van der Waals surface area contributed by atoms with Crippen LogP contribution in [0.1, 0.15) is 58.3 Å². The Labute approximate surface area is 87.0 Å². The van der Waals surface area contributed by atoms with E-state index in [1.807, 2.05) is 6.92 Å². The van der Waals surface area contributed by atoms with Crippen LogP contribution in [0.4, 0.5) is 0 Å². The number of unbranched alkanes of at least 4 members (excludes halogenated alkanes) is 1. The average Bonchev–Trinajstić information content (AvgIpc) is 2.65. The fourth-order valence-electron chi connectivity index (χ4n) is 2.23. The number of carbonyl (C=O) groups is 1. The third-order valence-corrected chi connectivity index (χ3v) is 3.02. The summed E-state index contributed by atoms with van der Waals surface area (Å²) < 4.78 is 4.87. The van der Waals surface area contributed by atoms with Crippen molar-refractivity contribution in [1.29, 1.82) is 0 Å². The molecule has 1 rings (SSSR count). The number of carbonyl (C=O) groups excluding carboxylic acids is 1. The number of hydrogen-bond donors (Lipinski definition) is 0. The summed E-state index contributed by atoms with van der Waals surface area (Å²) in [5, 5.41) is 0. The molecule has 14 heavy (non-hydrogen) atoms. The van der Waals surface area contributed by atoms with E-state index in [1.165, 1.54) is 38.5 Å². The van der Waals surface area contributed by atoms with Crippen LogP contribution in [0.25, 0.3) is 0 Å². The maximum absolute atomic E-state index is 11.0. The Morgan fingerprint density at radius 1 is 1.29 bits per heavy atom. The van der Waals surface area contributed by atoms with Crippen molar-refractivity contribution >= 4 is 5.97 Å². The maximum Gasteiger partial charge on any atom is 0.305 e. The summed E-state index contributed by atoms with van der Waals surface area (Å²) in [6, 6.07) is 0. The van der Waals surface area contributed by atoms with Gasteiger partial charge in [0.05, 0.1) is 6.61 Å². The normalized spacial score (nSPS) is 17.2. The van der Waals surface area contributed by atoms with Gasteiger partial charge in [0.1, 0.15) is 0 Å². The van der Waals surface area contributed by atoms with Gasteiger partial charge in [-0.3, -0.25) is 4.79 Å². The Morgan fingerprint density at radius 3 is 2.64 bits per heavy atom. The molecule has 0 aromatic rings. The lowest BCUT2D eigenvalue weighted by Gasteiger charge is -2.07. The van der Waals surface area contributed by atoms with Crippen molar-refractivity contribution in [3.05, 3.63) is 0 Å². The Balaban J connectivity index is 1.90. The molecule has 0 heterocycles. The molecular weight excluding hydrogens is 176 g/mol. The molecule has 0 amide bonds. The van der Waals surface area contributed by atoms with E-state index in [9.17, 15) is 4.79 Å². The van der Waals surface area contributed by atoms with Crippen molar-refractivity contribution in [3.63, 3.8) is 0 Å². The SMILES string of the molecule is CCOC(=O)CCCCC1CCCC1. The number of rotatable bonds is 6. The first kappa shape index (κ1) is 11.5. The second kappa shape index (κ2) is 6.86. The summed E-state index contributed by atoms with van der Waals surface area (Å²) in [5.41, 5.74) is 0. The molecule has 82 valence electrons. The molecule has 0 spiro atoms. The minimum atomic E-state index is -0.0288. The monoisotopic (exact) mass is 198 g/mol. The van der Waals surface area contributed by atoms with Crippen LogP contribution < -0.4 is 0 Å². The topological polar surface area (TPSA) is 26.3 Å². The van der Waals surface area contributed by atoms with Crippen LogP contribution in [0.3, 0.4) is 0 Å². The zero-order valence-corrected chi connectivity index (χ0v) is 9.26. The van der Waals surface area contributed by atoms with E-state index in [1.54, 1.807) is 0 Å². The standard InChI is InChI=1S/C12H22O2/c1-2-14-12(13)10-6-5-9-11-7-3-4-8-11/h11H,2-10H2,1H3. The van der Waals surface area contributed by atoms with Gasteiger partial charge >= 0.3 is 5.97 Å². The third-order valence-electron chi connectivity index (χ3n) is 3.02. The van der Waals surface area contributed by atoms with E-state index in [4.69, 9.17) is 4.74 Å². The summed E-state index contributed by atoms with van der Waals surface area (Å²) >= 11 is 0. The molecule has 0 bridgehead atoms.